The average molecular weight is 373 g/mol. The summed E-state index contributed by atoms with van der Waals surface area (Å²) in [5.74, 6) is 0. The maximum atomic E-state index is 11.1. The van der Waals surface area contributed by atoms with Crippen molar-refractivity contribution in [2.24, 2.45) is 7.05 Å². The summed E-state index contributed by atoms with van der Waals surface area (Å²) in [6, 6.07) is 3.77. The minimum atomic E-state index is -1.55. The Bertz CT molecular complexity index is 826. The normalized spacial score (nSPS) is 24.9. The first-order valence-corrected chi connectivity index (χ1v) is 9.04. The number of pyridine rings is 1. The quantitative estimate of drug-likeness (QED) is 0.785. The number of rotatable bonds is 4. The Morgan fingerprint density at radius 1 is 1.07 bits per heavy atom. The van der Waals surface area contributed by atoms with Gasteiger partial charge in [-0.15, -0.1) is 0 Å². The Balaban J connectivity index is 1.89. The monoisotopic (exact) mass is 373 g/mol. The van der Waals surface area contributed by atoms with E-state index in [0.717, 1.165) is 16.7 Å². The molecule has 0 aromatic carbocycles. The number of hydrogen-bond acceptors (Lipinski definition) is 6. The SMILES string of the molecule is Cn1cc(-c2ccc(B3OC(C)(C)C(C)(C(C)(O)C(C)(C)O)O3)cn2)cn1. The number of nitrogens with zero attached hydrogens (tertiary/aromatic N) is 3. The average Bonchev–Trinajstić information content (AvgIpc) is 3.09. The van der Waals surface area contributed by atoms with Gasteiger partial charge >= 0.3 is 7.12 Å². The summed E-state index contributed by atoms with van der Waals surface area (Å²) < 4.78 is 14.1. The van der Waals surface area contributed by atoms with Crippen LogP contribution < -0.4 is 5.46 Å². The van der Waals surface area contributed by atoms with Crippen LogP contribution >= 0.6 is 0 Å². The number of aliphatic hydroxyl groups is 2. The van der Waals surface area contributed by atoms with Gasteiger partial charge in [-0.25, -0.2) is 0 Å². The molecule has 0 spiro atoms. The molecule has 0 radical (unpaired) electrons. The fourth-order valence-electron chi connectivity index (χ4n) is 3.45. The van der Waals surface area contributed by atoms with E-state index in [2.05, 4.69) is 10.1 Å². The zero-order valence-electron chi connectivity index (χ0n) is 17.0. The second-order valence-corrected chi connectivity index (χ2v) is 8.62. The molecular weight excluding hydrogens is 345 g/mol. The molecule has 7 nitrogen and oxygen atoms in total. The summed E-state index contributed by atoms with van der Waals surface area (Å²) in [6.45, 7) is 10.2. The lowest BCUT2D eigenvalue weighted by molar-refractivity contribution is -0.231. The highest BCUT2D eigenvalue weighted by atomic mass is 16.7. The van der Waals surface area contributed by atoms with Gasteiger partial charge in [0.15, 0.2) is 0 Å². The van der Waals surface area contributed by atoms with Gasteiger partial charge in [-0.2, -0.15) is 5.10 Å². The summed E-state index contributed by atoms with van der Waals surface area (Å²) in [7, 11) is 1.16. The summed E-state index contributed by atoms with van der Waals surface area (Å²) in [4.78, 5) is 4.49. The Kier molecular flexibility index (Phi) is 4.55. The Morgan fingerprint density at radius 2 is 1.74 bits per heavy atom. The zero-order chi connectivity index (χ0) is 20.3. The van der Waals surface area contributed by atoms with E-state index >= 15 is 0 Å². The molecule has 2 unspecified atom stereocenters. The molecule has 3 heterocycles. The van der Waals surface area contributed by atoms with E-state index in [9.17, 15) is 10.2 Å². The fourth-order valence-corrected chi connectivity index (χ4v) is 3.45. The van der Waals surface area contributed by atoms with Crippen molar-refractivity contribution in [2.75, 3.05) is 0 Å². The molecule has 0 amide bonds. The molecule has 0 saturated carbocycles. The molecule has 1 saturated heterocycles. The van der Waals surface area contributed by atoms with Crippen molar-refractivity contribution in [1.29, 1.82) is 0 Å². The third-order valence-electron chi connectivity index (χ3n) is 6.07. The predicted octanol–water partition coefficient (Wildman–Crippen LogP) is 1.28. The Labute approximate surface area is 160 Å². The van der Waals surface area contributed by atoms with E-state index < -0.39 is 29.5 Å². The van der Waals surface area contributed by atoms with Crippen molar-refractivity contribution in [3.05, 3.63) is 30.7 Å². The molecule has 0 bridgehead atoms. The summed E-state index contributed by atoms with van der Waals surface area (Å²) in [6.07, 6.45) is 5.35. The molecule has 3 rings (SSSR count). The van der Waals surface area contributed by atoms with Gasteiger partial charge < -0.3 is 19.5 Å². The van der Waals surface area contributed by atoms with E-state index in [4.69, 9.17) is 9.31 Å². The highest BCUT2D eigenvalue weighted by molar-refractivity contribution is 6.62. The standard InChI is InChI=1S/C19H28BN3O4/c1-16(2,24)18(5,25)19(6)17(3,4)26-20(27-19)14-8-9-15(21-11-14)13-10-22-23(7)12-13/h8-12,24-25H,1-7H3. The minimum Gasteiger partial charge on any atom is -0.399 e. The van der Waals surface area contributed by atoms with Crippen LogP contribution in [0.15, 0.2) is 30.7 Å². The van der Waals surface area contributed by atoms with Crippen molar-refractivity contribution in [3.8, 4) is 11.3 Å². The lowest BCUT2D eigenvalue weighted by Gasteiger charge is -2.52. The lowest BCUT2D eigenvalue weighted by Crippen LogP contribution is -2.69. The van der Waals surface area contributed by atoms with Gasteiger partial charge in [0, 0.05) is 30.5 Å². The van der Waals surface area contributed by atoms with Crippen LogP contribution in [0.3, 0.4) is 0 Å². The van der Waals surface area contributed by atoms with Crippen molar-refractivity contribution in [2.45, 2.75) is 63.9 Å². The second kappa shape index (κ2) is 6.14. The van der Waals surface area contributed by atoms with E-state index in [1.807, 2.05) is 39.2 Å². The number of aryl methyl sites for hydroxylation is 1. The zero-order valence-corrected chi connectivity index (χ0v) is 17.0. The van der Waals surface area contributed by atoms with Gasteiger partial charge in [0.25, 0.3) is 0 Å². The highest BCUT2D eigenvalue weighted by Crippen LogP contribution is 2.48. The maximum absolute atomic E-state index is 11.1. The first kappa shape index (κ1) is 20.0. The van der Waals surface area contributed by atoms with Crippen LogP contribution in [0.4, 0.5) is 0 Å². The molecule has 2 atom stereocenters. The van der Waals surface area contributed by atoms with Crippen LogP contribution in [0, 0.1) is 0 Å². The third-order valence-corrected chi connectivity index (χ3v) is 6.07. The highest BCUT2D eigenvalue weighted by Gasteiger charge is 2.66. The molecule has 2 N–H and O–H groups in total. The van der Waals surface area contributed by atoms with Crippen LogP contribution in [-0.2, 0) is 16.4 Å². The molecule has 2 aromatic rings. The third kappa shape index (κ3) is 3.10. The largest absolute Gasteiger partial charge is 0.496 e. The minimum absolute atomic E-state index is 0.700. The van der Waals surface area contributed by atoms with Crippen LogP contribution in [-0.4, -0.2) is 54.5 Å². The van der Waals surface area contributed by atoms with E-state index in [-0.39, 0.29) is 0 Å². The molecular formula is C19H28BN3O4. The summed E-state index contributed by atoms with van der Waals surface area (Å²) >= 11 is 0. The van der Waals surface area contributed by atoms with Gasteiger partial charge in [-0.1, -0.05) is 6.07 Å². The second-order valence-electron chi connectivity index (χ2n) is 8.62. The van der Waals surface area contributed by atoms with Crippen LogP contribution in [0.25, 0.3) is 11.3 Å². The molecule has 2 aromatic heterocycles. The first-order chi connectivity index (χ1) is 12.3. The summed E-state index contributed by atoms with van der Waals surface area (Å²) in [5, 5.41) is 25.8. The van der Waals surface area contributed by atoms with Crippen molar-refractivity contribution >= 4 is 12.6 Å². The van der Waals surface area contributed by atoms with Crippen molar-refractivity contribution < 1.29 is 19.5 Å². The van der Waals surface area contributed by atoms with Gasteiger partial charge in [0.05, 0.1) is 23.1 Å². The van der Waals surface area contributed by atoms with E-state index in [0.29, 0.717) is 0 Å². The van der Waals surface area contributed by atoms with Gasteiger partial charge in [0.2, 0.25) is 0 Å². The van der Waals surface area contributed by atoms with Gasteiger partial charge in [0.1, 0.15) is 11.2 Å². The molecule has 146 valence electrons. The van der Waals surface area contributed by atoms with Gasteiger partial charge in [-0.3, -0.25) is 9.67 Å². The van der Waals surface area contributed by atoms with Crippen molar-refractivity contribution in [1.82, 2.24) is 14.8 Å². The van der Waals surface area contributed by atoms with Gasteiger partial charge in [-0.05, 0) is 47.6 Å². The smallest absolute Gasteiger partial charge is 0.399 e. The van der Waals surface area contributed by atoms with Crippen LogP contribution in [0.5, 0.6) is 0 Å². The predicted molar refractivity (Wildman–Crippen MR) is 103 cm³/mol. The number of hydrogen-bond donors (Lipinski definition) is 2. The maximum Gasteiger partial charge on any atom is 0.496 e. The Morgan fingerprint density at radius 3 is 2.22 bits per heavy atom. The molecule has 8 heteroatoms. The van der Waals surface area contributed by atoms with Crippen LogP contribution in [0.1, 0.15) is 41.5 Å². The fraction of sp³-hybridized carbons (Fsp3) is 0.579. The molecule has 1 fully saturated rings. The topological polar surface area (TPSA) is 89.6 Å². The molecule has 1 aliphatic rings. The Hall–Kier alpha value is -1.74. The van der Waals surface area contributed by atoms with Crippen molar-refractivity contribution in [3.63, 3.8) is 0 Å². The summed E-state index contributed by atoms with van der Waals surface area (Å²) in [5.41, 5.74) is -2.47. The van der Waals surface area contributed by atoms with E-state index in [1.165, 1.54) is 0 Å². The van der Waals surface area contributed by atoms with Crippen LogP contribution in [0.2, 0.25) is 0 Å². The number of aromatic nitrogens is 3. The molecule has 27 heavy (non-hydrogen) atoms. The molecule has 0 aliphatic carbocycles. The first-order valence-electron chi connectivity index (χ1n) is 9.04. The van der Waals surface area contributed by atoms with E-state index in [1.54, 1.807) is 44.8 Å². The lowest BCUT2D eigenvalue weighted by atomic mass is 9.67. The molecule has 1 aliphatic heterocycles.